The summed E-state index contributed by atoms with van der Waals surface area (Å²) in [5.41, 5.74) is 0. The lowest BCUT2D eigenvalue weighted by Gasteiger charge is -2.42. The van der Waals surface area contributed by atoms with Crippen LogP contribution in [-0.4, -0.2) is 120 Å². The highest BCUT2D eigenvalue weighted by Crippen LogP contribution is 2.24. The van der Waals surface area contributed by atoms with Crippen LogP contribution in [0.1, 0.15) is 0 Å². The molecule has 0 amide bonds. The summed E-state index contributed by atoms with van der Waals surface area (Å²) < 4.78 is 9.98. The number of aliphatic hydroxyl groups excluding tert-OH is 8. The van der Waals surface area contributed by atoms with E-state index in [1.807, 2.05) is 0 Å². The van der Waals surface area contributed by atoms with E-state index >= 15 is 0 Å². The Bertz CT molecular complexity index is 403. The maximum Gasteiger partial charge on any atom is 0.335 e. The van der Waals surface area contributed by atoms with E-state index in [1.54, 1.807) is 0 Å². The molecule has 0 aromatic carbocycles. The van der Waals surface area contributed by atoms with Gasteiger partial charge in [-0.3, -0.25) is 0 Å². The summed E-state index contributed by atoms with van der Waals surface area (Å²) in [7, 11) is 0. The summed E-state index contributed by atoms with van der Waals surface area (Å²) in [5, 5.41) is 84.5. The molecule has 1 aliphatic heterocycles. The van der Waals surface area contributed by atoms with Crippen molar-refractivity contribution in [2.75, 3.05) is 13.2 Å². The fourth-order valence-electron chi connectivity index (χ4n) is 2.16. The molecule has 12 nitrogen and oxygen atoms in total. The first-order valence-electron chi connectivity index (χ1n) is 6.99. The molecule has 24 heavy (non-hydrogen) atoms. The number of ether oxygens (including phenoxy) is 2. The van der Waals surface area contributed by atoms with E-state index < -0.39 is 74.3 Å². The quantitative estimate of drug-likeness (QED) is 0.198. The molecule has 1 rings (SSSR count). The van der Waals surface area contributed by atoms with Crippen LogP contribution in [0.25, 0.3) is 0 Å². The second-order valence-corrected chi connectivity index (χ2v) is 5.32. The third-order valence-electron chi connectivity index (χ3n) is 3.62. The van der Waals surface area contributed by atoms with Crippen molar-refractivity contribution in [2.24, 2.45) is 0 Å². The summed E-state index contributed by atoms with van der Waals surface area (Å²) in [6.07, 6.45) is -16.9. The lowest BCUT2D eigenvalue weighted by atomic mass is 9.98. The van der Waals surface area contributed by atoms with Crippen molar-refractivity contribution in [3.05, 3.63) is 0 Å². The van der Waals surface area contributed by atoms with Gasteiger partial charge in [0.2, 0.25) is 0 Å². The first kappa shape index (κ1) is 21.1. The minimum Gasteiger partial charge on any atom is -0.479 e. The molecule has 0 aliphatic carbocycles. The third kappa shape index (κ3) is 4.58. The Morgan fingerprint density at radius 2 is 1.62 bits per heavy atom. The lowest BCUT2D eigenvalue weighted by Crippen LogP contribution is -2.61. The van der Waals surface area contributed by atoms with Gasteiger partial charge < -0.3 is 55.4 Å². The van der Waals surface area contributed by atoms with Crippen LogP contribution in [0.5, 0.6) is 0 Å². The van der Waals surface area contributed by atoms with Crippen LogP contribution in [0.15, 0.2) is 0 Å². The highest BCUT2D eigenvalue weighted by atomic mass is 16.7. The molecule has 0 bridgehead atoms. The highest BCUT2D eigenvalue weighted by Gasteiger charge is 2.47. The van der Waals surface area contributed by atoms with Gasteiger partial charge in [0.05, 0.1) is 13.2 Å². The Kier molecular flexibility index (Phi) is 7.88. The second-order valence-electron chi connectivity index (χ2n) is 5.32. The largest absolute Gasteiger partial charge is 0.479 e. The number of aliphatic hydroxyl groups is 8. The smallest absolute Gasteiger partial charge is 0.335 e. The van der Waals surface area contributed by atoms with Gasteiger partial charge in [-0.25, -0.2) is 4.79 Å². The monoisotopic (exact) mass is 358 g/mol. The Morgan fingerprint density at radius 3 is 2.08 bits per heavy atom. The van der Waals surface area contributed by atoms with E-state index in [0.717, 1.165) is 0 Å². The number of carboxylic acids is 1. The Balaban J connectivity index is 2.94. The molecule has 5 unspecified atom stereocenters. The molecule has 0 radical (unpaired) electrons. The van der Waals surface area contributed by atoms with Gasteiger partial charge in [-0.05, 0) is 0 Å². The van der Waals surface area contributed by atoms with Crippen LogP contribution in [-0.2, 0) is 14.3 Å². The first-order chi connectivity index (χ1) is 11.1. The zero-order valence-corrected chi connectivity index (χ0v) is 12.4. The molecule has 142 valence electrons. The van der Waals surface area contributed by atoms with Crippen LogP contribution in [0.4, 0.5) is 0 Å². The van der Waals surface area contributed by atoms with Crippen LogP contribution in [0.2, 0.25) is 0 Å². The summed E-state index contributed by atoms with van der Waals surface area (Å²) in [5.74, 6) is -1.84. The number of rotatable bonds is 8. The number of hydrogen-bond donors (Lipinski definition) is 9. The Hall–Kier alpha value is -0.930. The van der Waals surface area contributed by atoms with Gasteiger partial charge in [0, 0.05) is 0 Å². The Morgan fingerprint density at radius 1 is 1.04 bits per heavy atom. The van der Waals surface area contributed by atoms with Crippen LogP contribution < -0.4 is 0 Å². The molecule has 12 heteroatoms. The number of hydrogen-bond acceptors (Lipinski definition) is 11. The Labute approximate surface area is 135 Å². The van der Waals surface area contributed by atoms with Crippen molar-refractivity contribution in [3.8, 4) is 0 Å². The maximum absolute atomic E-state index is 10.7. The van der Waals surface area contributed by atoms with Gasteiger partial charge in [0.15, 0.2) is 12.4 Å². The zero-order chi connectivity index (χ0) is 18.6. The van der Waals surface area contributed by atoms with Crippen molar-refractivity contribution in [3.63, 3.8) is 0 Å². The van der Waals surface area contributed by atoms with E-state index in [1.165, 1.54) is 0 Å². The van der Waals surface area contributed by atoms with Gasteiger partial charge >= 0.3 is 5.97 Å². The van der Waals surface area contributed by atoms with Gasteiger partial charge in [0.1, 0.15) is 42.7 Å². The molecule has 0 aromatic rings. The van der Waals surface area contributed by atoms with Crippen LogP contribution in [0, 0.1) is 0 Å². The second kappa shape index (κ2) is 8.96. The molecular formula is C12H22O12. The van der Waals surface area contributed by atoms with Crippen molar-refractivity contribution in [1.82, 2.24) is 0 Å². The third-order valence-corrected chi connectivity index (χ3v) is 3.62. The molecule has 1 fully saturated rings. The van der Waals surface area contributed by atoms with E-state index in [4.69, 9.17) is 24.8 Å². The topological polar surface area (TPSA) is 218 Å². The van der Waals surface area contributed by atoms with E-state index in [0.29, 0.717) is 0 Å². The molecule has 0 spiro atoms. The lowest BCUT2D eigenvalue weighted by molar-refractivity contribution is -0.326. The van der Waals surface area contributed by atoms with E-state index in [-0.39, 0.29) is 0 Å². The van der Waals surface area contributed by atoms with Crippen molar-refractivity contribution in [1.29, 1.82) is 0 Å². The molecule has 0 saturated carbocycles. The van der Waals surface area contributed by atoms with Crippen LogP contribution >= 0.6 is 0 Å². The molecule has 1 saturated heterocycles. The minimum absolute atomic E-state index is 0.766. The number of carbonyl (C=O) groups is 1. The predicted molar refractivity (Wildman–Crippen MR) is 71.4 cm³/mol. The standard InChI is InChI=1S/C12H22O12/c13-1-3(15)10(7(18)8(19)11(21)22)24-12-9(20)6(17)5(16)4(2-14)23-12/h3-10,12-20H,1-2H2,(H,21,22)/t3?,4-,5+,6+,7?,8?,9?,10?,12-/m1/s1. The number of carboxylic acid groups (broad SMARTS) is 1. The molecule has 9 atom stereocenters. The zero-order valence-electron chi connectivity index (χ0n) is 12.4. The van der Waals surface area contributed by atoms with Crippen molar-refractivity contribution >= 4 is 5.97 Å². The van der Waals surface area contributed by atoms with Gasteiger partial charge in [-0.2, -0.15) is 0 Å². The SMILES string of the molecule is O=C(O)C(O)C(O)C(O[C@H]1O[C@H](CO)[C@H](O)[C@H](O)C1O)C(O)CO. The predicted octanol–water partition coefficient (Wildman–Crippen LogP) is -5.67. The average Bonchev–Trinajstić information content (AvgIpc) is 2.57. The average molecular weight is 358 g/mol. The maximum atomic E-state index is 10.7. The molecule has 1 heterocycles. The van der Waals surface area contributed by atoms with Crippen molar-refractivity contribution in [2.45, 2.75) is 55.1 Å². The fraction of sp³-hybridized carbons (Fsp3) is 0.917. The molecule has 0 aromatic heterocycles. The summed E-state index contributed by atoms with van der Waals surface area (Å²) in [4.78, 5) is 10.7. The molecular weight excluding hydrogens is 336 g/mol. The van der Waals surface area contributed by atoms with Gasteiger partial charge in [-0.15, -0.1) is 0 Å². The van der Waals surface area contributed by atoms with Gasteiger partial charge in [0.25, 0.3) is 0 Å². The normalized spacial score (nSPS) is 35.9. The summed E-state index contributed by atoms with van der Waals surface area (Å²) >= 11 is 0. The van der Waals surface area contributed by atoms with E-state index in [9.17, 15) is 35.4 Å². The fourth-order valence-corrected chi connectivity index (χ4v) is 2.16. The van der Waals surface area contributed by atoms with E-state index in [2.05, 4.69) is 0 Å². The molecule has 1 aliphatic rings. The van der Waals surface area contributed by atoms with Gasteiger partial charge in [-0.1, -0.05) is 0 Å². The number of aliphatic carboxylic acids is 1. The van der Waals surface area contributed by atoms with Crippen molar-refractivity contribution < 1.29 is 60.2 Å². The molecule has 9 N–H and O–H groups in total. The van der Waals surface area contributed by atoms with Crippen LogP contribution in [0.3, 0.4) is 0 Å². The minimum atomic E-state index is -2.39. The summed E-state index contributed by atoms with van der Waals surface area (Å²) in [6.45, 7) is -1.76. The first-order valence-corrected chi connectivity index (χ1v) is 6.99. The highest BCUT2D eigenvalue weighted by molar-refractivity contribution is 5.72. The summed E-state index contributed by atoms with van der Waals surface area (Å²) in [6, 6.07) is 0.